The number of amides is 2. The van der Waals surface area contributed by atoms with Crippen molar-refractivity contribution < 1.29 is 23.5 Å². The zero-order valence-electron chi connectivity index (χ0n) is 16.1. The van der Waals surface area contributed by atoms with Crippen molar-refractivity contribution in [2.45, 2.75) is 32.2 Å². The molecule has 1 unspecified atom stereocenters. The number of anilines is 1. The lowest BCUT2D eigenvalue weighted by atomic mass is 10.1. The van der Waals surface area contributed by atoms with Gasteiger partial charge >= 0.3 is 5.97 Å². The molecule has 2 amide bonds. The van der Waals surface area contributed by atoms with E-state index in [-0.39, 0.29) is 37.7 Å². The van der Waals surface area contributed by atoms with Crippen LogP contribution >= 0.6 is 0 Å². The van der Waals surface area contributed by atoms with Crippen LogP contribution in [-0.4, -0.2) is 30.6 Å². The van der Waals surface area contributed by atoms with Crippen molar-refractivity contribution in [1.82, 2.24) is 5.32 Å². The number of hydrogen-bond donors (Lipinski definition) is 3. The summed E-state index contributed by atoms with van der Waals surface area (Å²) in [5.74, 6) is 4.40. The lowest BCUT2D eigenvalue weighted by molar-refractivity contribution is -0.144. The summed E-state index contributed by atoms with van der Waals surface area (Å²) in [5.41, 5.74) is 1.40. The number of benzene rings is 1. The Morgan fingerprint density at radius 3 is 2.52 bits per heavy atom. The van der Waals surface area contributed by atoms with Crippen LogP contribution in [0, 0.1) is 0 Å². The molecule has 29 heavy (non-hydrogen) atoms. The molecule has 1 aromatic carbocycles. The first kappa shape index (κ1) is 21.7. The highest BCUT2D eigenvalue weighted by atomic mass is 16.5. The van der Waals surface area contributed by atoms with Crippen molar-refractivity contribution in [3.63, 3.8) is 0 Å². The number of ether oxygens (including phenoxy) is 1. The Morgan fingerprint density at radius 2 is 1.90 bits per heavy atom. The third-order valence-electron chi connectivity index (χ3n) is 3.90. The van der Waals surface area contributed by atoms with E-state index in [0.29, 0.717) is 11.4 Å². The van der Waals surface area contributed by atoms with E-state index in [1.54, 1.807) is 43.3 Å². The molecule has 9 heteroatoms. The zero-order chi connectivity index (χ0) is 21.1. The molecule has 0 aliphatic carbocycles. The van der Waals surface area contributed by atoms with Crippen LogP contribution in [0.5, 0.6) is 0 Å². The number of nitrogens with two attached hydrogens (primary N) is 1. The number of furan rings is 1. The molecule has 1 atom stereocenters. The zero-order valence-corrected chi connectivity index (χ0v) is 16.1. The van der Waals surface area contributed by atoms with E-state index in [4.69, 9.17) is 15.0 Å². The summed E-state index contributed by atoms with van der Waals surface area (Å²) in [7, 11) is 0. The summed E-state index contributed by atoms with van der Waals surface area (Å²) in [5, 5.41) is 8.84. The summed E-state index contributed by atoms with van der Waals surface area (Å²) in [4.78, 5) is 36.1. The Kier molecular flexibility index (Phi) is 8.43. The minimum absolute atomic E-state index is 0.0118. The molecule has 2 rings (SSSR count). The molecule has 0 aliphatic rings. The SMILES string of the molecule is CCOC(=O)CC(NC(=O)CCC(=O)Nc1ccc(C=NN)cc1)c1ccco1. The van der Waals surface area contributed by atoms with Crippen LogP contribution in [0.4, 0.5) is 5.69 Å². The number of hydrogen-bond acceptors (Lipinski definition) is 7. The van der Waals surface area contributed by atoms with Crippen molar-refractivity contribution in [3.8, 4) is 0 Å². The summed E-state index contributed by atoms with van der Waals surface area (Å²) in [6.07, 6.45) is 2.84. The molecule has 9 nitrogen and oxygen atoms in total. The Balaban J connectivity index is 1.84. The number of carbonyl (C=O) groups excluding carboxylic acids is 3. The minimum atomic E-state index is -0.656. The fourth-order valence-corrected chi connectivity index (χ4v) is 2.55. The van der Waals surface area contributed by atoms with Gasteiger partial charge in [-0.15, -0.1) is 0 Å². The third-order valence-corrected chi connectivity index (χ3v) is 3.90. The first-order valence-corrected chi connectivity index (χ1v) is 9.13. The predicted octanol–water partition coefficient (Wildman–Crippen LogP) is 2.10. The maximum atomic E-state index is 12.3. The van der Waals surface area contributed by atoms with Crippen LogP contribution in [0.3, 0.4) is 0 Å². The summed E-state index contributed by atoms with van der Waals surface area (Å²) >= 11 is 0. The van der Waals surface area contributed by atoms with Crippen LogP contribution in [-0.2, 0) is 19.1 Å². The second-order valence-electron chi connectivity index (χ2n) is 6.09. The monoisotopic (exact) mass is 400 g/mol. The van der Waals surface area contributed by atoms with Gasteiger partial charge in [0.05, 0.1) is 31.5 Å². The maximum absolute atomic E-state index is 12.3. The first-order chi connectivity index (χ1) is 14.0. The molecule has 0 saturated carbocycles. The van der Waals surface area contributed by atoms with Gasteiger partial charge in [-0.2, -0.15) is 5.10 Å². The van der Waals surface area contributed by atoms with Crippen LogP contribution in [0.1, 0.15) is 43.6 Å². The fraction of sp³-hybridized carbons (Fsp3) is 0.300. The summed E-state index contributed by atoms with van der Waals surface area (Å²) < 4.78 is 10.2. The number of nitrogens with one attached hydrogen (secondary N) is 2. The molecule has 154 valence electrons. The molecule has 1 heterocycles. The summed E-state index contributed by atoms with van der Waals surface area (Å²) in [6, 6.07) is 9.59. The van der Waals surface area contributed by atoms with E-state index in [1.165, 1.54) is 12.5 Å². The smallest absolute Gasteiger partial charge is 0.308 e. The highest BCUT2D eigenvalue weighted by Gasteiger charge is 2.21. The number of hydrazone groups is 1. The van der Waals surface area contributed by atoms with Crippen LogP contribution in [0.25, 0.3) is 0 Å². The molecule has 0 radical (unpaired) electrons. The van der Waals surface area contributed by atoms with E-state index in [9.17, 15) is 14.4 Å². The molecule has 0 spiro atoms. The molecule has 4 N–H and O–H groups in total. The van der Waals surface area contributed by atoms with Crippen LogP contribution < -0.4 is 16.5 Å². The van der Waals surface area contributed by atoms with Gasteiger partial charge in [0, 0.05) is 18.5 Å². The first-order valence-electron chi connectivity index (χ1n) is 9.13. The van der Waals surface area contributed by atoms with Gasteiger partial charge < -0.3 is 25.6 Å². The highest BCUT2D eigenvalue weighted by Crippen LogP contribution is 2.18. The van der Waals surface area contributed by atoms with E-state index >= 15 is 0 Å². The lowest BCUT2D eigenvalue weighted by Gasteiger charge is -2.16. The molecule has 0 bridgehead atoms. The second-order valence-corrected chi connectivity index (χ2v) is 6.09. The Labute approximate surface area is 168 Å². The van der Waals surface area contributed by atoms with Gasteiger partial charge in [-0.25, -0.2) is 0 Å². The molecule has 1 aromatic heterocycles. The van der Waals surface area contributed by atoms with Gasteiger partial charge in [0.2, 0.25) is 11.8 Å². The quantitative estimate of drug-likeness (QED) is 0.242. The Hall–Kier alpha value is -3.62. The second kappa shape index (κ2) is 11.3. The van der Waals surface area contributed by atoms with Gasteiger partial charge in [-0.05, 0) is 36.8 Å². The number of esters is 1. The molecule has 0 fully saturated rings. The molecule has 0 aliphatic heterocycles. The summed E-state index contributed by atoms with van der Waals surface area (Å²) in [6.45, 7) is 1.95. The molecule has 0 saturated heterocycles. The van der Waals surface area contributed by atoms with E-state index in [2.05, 4.69) is 15.7 Å². The normalized spacial score (nSPS) is 11.8. The number of carbonyl (C=O) groups is 3. The fourth-order valence-electron chi connectivity index (χ4n) is 2.55. The van der Waals surface area contributed by atoms with Gasteiger partial charge in [0.1, 0.15) is 5.76 Å². The van der Waals surface area contributed by atoms with Crippen LogP contribution in [0.15, 0.2) is 52.2 Å². The van der Waals surface area contributed by atoms with Crippen LogP contribution in [0.2, 0.25) is 0 Å². The standard InChI is InChI=1S/C20H24N4O5/c1-2-28-20(27)12-16(17-4-3-11-29-17)24-19(26)10-9-18(25)23-15-7-5-14(6-8-15)13-22-21/h3-8,11,13,16H,2,9-10,12,21H2,1H3,(H,23,25)(H,24,26). The maximum Gasteiger partial charge on any atom is 0.308 e. The van der Waals surface area contributed by atoms with Crippen molar-refractivity contribution in [1.29, 1.82) is 0 Å². The Bertz CT molecular complexity index is 831. The lowest BCUT2D eigenvalue weighted by Crippen LogP contribution is -2.31. The van der Waals surface area contributed by atoms with Crippen molar-refractivity contribution >= 4 is 29.7 Å². The van der Waals surface area contributed by atoms with Gasteiger partial charge in [0.25, 0.3) is 0 Å². The minimum Gasteiger partial charge on any atom is -0.467 e. The van der Waals surface area contributed by atoms with Gasteiger partial charge in [0.15, 0.2) is 0 Å². The third kappa shape index (κ3) is 7.49. The molecule has 2 aromatic rings. The van der Waals surface area contributed by atoms with Crippen molar-refractivity contribution in [2.75, 3.05) is 11.9 Å². The molecular weight excluding hydrogens is 376 g/mol. The molecular formula is C20H24N4O5. The predicted molar refractivity (Wildman–Crippen MR) is 107 cm³/mol. The van der Waals surface area contributed by atoms with E-state index < -0.39 is 12.0 Å². The highest BCUT2D eigenvalue weighted by molar-refractivity contribution is 5.93. The average molecular weight is 400 g/mol. The van der Waals surface area contributed by atoms with E-state index in [0.717, 1.165) is 5.56 Å². The van der Waals surface area contributed by atoms with E-state index in [1.807, 2.05) is 0 Å². The number of rotatable bonds is 10. The van der Waals surface area contributed by atoms with Gasteiger partial charge in [-0.1, -0.05) is 12.1 Å². The Morgan fingerprint density at radius 1 is 1.17 bits per heavy atom. The number of nitrogens with zero attached hydrogens (tertiary/aromatic N) is 1. The average Bonchev–Trinajstić information content (AvgIpc) is 3.23. The van der Waals surface area contributed by atoms with Gasteiger partial charge in [-0.3, -0.25) is 14.4 Å². The van der Waals surface area contributed by atoms with Crippen molar-refractivity contribution in [2.24, 2.45) is 10.9 Å². The largest absolute Gasteiger partial charge is 0.467 e. The van der Waals surface area contributed by atoms with Crippen molar-refractivity contribution in [3.05, 3.63) is 54.0 Å². The topological polar surface area (TPSA) is 136 Å².